The molecular formula is C29H30F3N3O4. The van der Waals surface area contributed by atoms with Crippen molar-refractivity contribution in [2.45, 2.75) is 79.9 Å². The van der Waals surface area contributed by atoms with Gasteiger partial charge in [0, 0.05) is 25.1 Å². The maximum Gasteiger partial charge on any atom is 0.416 e. The molecule has 1 saturated carbocycles. The van der Waals surface area contributed by atoms with Crippen molar-refractivity contribution in [3.05, 3.63) is 58.7 Å². The SMILES string of the molecule is CN(C(=O)CCc1ccc(C(F)(F)F)cc1)C1CC[C@@]2(O)[C@H]3Cc4ccc(O)c5c4[C@@]2(CC(C#N)N3C)C1O5. The summed E-state index contributed by atoms with van der Waals surface area (Å²) in [6, 6.07) is 9.44. The molecule has 2 aromatic rings. The monoisotopic (exact) mass is 541 g/mol. The highest BCUT2D eigenvalue weighted by molar-refractivity contribution is 5.77. The number of alkyl halides is 3. The van der Waals surface area contributed by atoms with Crippen LogP contribution in [0.15, 0.2) is 36.4 Å². The Morgan fingerprint density at radius 2 is 1.97 bits per heavy atom. The van der Waals surface area contributed by atoms with E-state index in [2.05, 4.69) is 6.07 Å². The van der Waals surface area contributed by atoms with E-state index in [9.17, 15) is 33.4 Å². The molecular weight excluding hydrogens is 511 g/mol. The lowest BCUT2D eigenvalue weighted by Crippen LogP contribution is -2.79. The second kappa shape index (κ2) is 8.60. The minimum Gasteiger partial charge on any atom is -0.504 e. The highest BCUT2D eigenvalue weighted by atomic mass is 19.4. The predicted octanol–water partition coefficient (Wildman–Crippen LogP) is 3.55. The number of hydrogen-bond acceptors (Lipinski definition) is 6. The van der Waals surface area contributed by atoms with Crippen LogP contribution in [-0.2, 0) is 29.2 Å². The Labute approximate surface area is 224 Å². The van der Waals surface area contributed by atoms with E-state index in [1.165, 1.54) is 12.1 Å². The van der Waals surface area contributed by atoms with Crippen LogP contribution in [0.5, 0.6) is 11.5 Å². The Balaban J connectivity index is 1.30. The Kier molecular flexibility index (Phi) is 5.73. The van der Waals surface area contributed by atoms with Crippen LogP contribution in [0, 0.1) is 11.3 Å². The molecule has 6 atom stereocenters. The summed E-state index contributed by atoms with van der Waals surface area (Å²) in [5.41, 5.74) is -0.537. The smallest absolute Gasteiger partial charge is 0.416 e. The van der Waals surface area contributed by atoms with E-state index in [1.807, 2.05) is 18.0 Å². The molecule has 1 spiro atoms. The van der Waals surface area contributed by atoms with Gasteiger partial charge >= 0.3 is 6.18 Å². The number of amides is 1. The van der Waals surface area contributed by atoms with Gasteiger partial charge in [-0.15, -0.1) is 0 Å². The van der Waals surface area contributed by atoms with Gasteiger partial charge in [0.25, 0.3) is 0 Å². The molecule has 39 heavy (non-hydrogen) atoms. The zero-order chi connectivity index (χ0) is 27.9. The minimum absolute atomic E-state index is 0.0270. The number of aromatic hydroxyl groups is 1. The Bertz CT molecular complexity index is 1370. The van der Waals surface area contributed by atoms with Crippen molar-refractivity contribution in [2.24, 2.45) is 0 Å². The molecule has 2 N–H and O–H groups in total. The summed E-state index contributed by atoms with van der Waals surface area (Å²) < 4.78 is 45.1. The van der Waals surface area contributed by atoms with Crippen molar-refractivity contribution in [3.63, 3.8) is 0 Å². The first-order valence-electron chi connectivity index (χ1n) is 13.2. The largest absolute Gasteiger partial charge is 0.504 e. The van der Waals surface area contributed by atoms with Crippen LogP contribution < -0.4 is 4.74 Å². The lowest BCUT2D eigenvalue weighted by Gasteiger charge is -2.65. The van der Waals surface area contributed by atoms with Crippen molar-refractivity contribution in [1.82, 2.24) is 9.80 Å². The summed E-state index contributed by atoms with van der Waals surface area (Å²) in [6.07, 6.45) is -3.00. The van der Waals surface area contributed by atoms with Crippen LogP contribution in [0.3, 0.4) is 0 Å². The number of aliphatic hydroxyl groups is 1. The maximum absolute atomic E-state index is 13.4. The third-order valence-corrected chi connectivity index (χ3v) is 9.75. The molecule has 6 rings (SSSR count). The molecule has 4 aliphatic rings. The number of rotatable bonds is 4. The topological polar surface area (TPSA) is 97.0 Å². The number of nitriles is 1. The number of nitrogens with zero attached hydrogens (tertiary/aromatic N) is 3. The highest BCUT2D eigenvalue weighted by Crippen LogP contribution is 2.66. The van der Waals surface area contributed by atoms with E-state index in [-0.39, 0.29) is 30.5 Å². The van der Waals surface area contributed by atoms with E-state index < -0.39 is 40.9 Å². The highest BCUT2D eigenvalue weighted by Gasteiger charge is 2.74. The number of carbonyl (C=O) groups is 1. The Hall–Kier alpha value is -3.29. The summed E-state index contributed by atoms with van der Waals surface area (Å²) in [5, 5.41) is 33.1. The molecule has 3 unspecified atom stereocenters. The number of halogens is 3. The van der Waals surface area contributed by atoms with Crippen LogP contribution in [0.25, 0.3) is 0 Å². The zero-order valence-corrected chi connectivity index (χ0v) is 21.7. The Morgan fingerprint density at radius 1 is 1.26 bits per heavy atom. The number of benzene rings is 2. The first-order valence-corrected chi connectivity index (χ1v) is 13.2. The zero-order valence-electron chi connectivity index (χ0n) is 21.7. The number of likely N-dealkylation sites (tertiary alicyclic amines) is 1. The van der Waals surface area contributed by atoms with Crippen LogP contribution in [-0.4, -0.2) is 69.8 Å². The first kappa shape index (κ1) is 26.0. The molecule has 10 heteroatoms. The average Bonchev–Trinajstić information content (AvgIpc) is 3.25. The number of aryl methyl sites for hydroxylation is 1. The number of phenolic OH excluding ortho intramolecular Hbond substituents is 1. The molecule has 2 heterocycles. The number of carbonyl (C=O) groups excluding carboxylic acids is 1. The van der Waals surface area contributed by atoms with Gasteiger partial charge in [0.05, 0.1) is 34.7 Å². The van der Waals surface area contributed by atoms with E-state index in [0.29, 0.717) is 37.0 Å². The van der Waals surface area contributed by atoms with E-state index in [1.54, 1.807) is 18.0 Å². The van der Waals surface area contributed by atoms with Gasteiger partial charge in [-0.3, -0.25) is 9.69 Å². The lowest BCUT2D eigenvalue weighted by molar-refractivity contribution is -0.203. The van der Waals surface area contributed by atoms with Gasteiger partial charge < -0.3 is 19.8 Å². The van der Waals surface area contributed by atoms with Gasteiger partial charge in [0.2, 0.25) is 5.91 Å². The molecule has 2 aromatic carbocycles. The third-order valence-electron chi connectivity index (χ3n) is 9.75. The minimum atomic E-state index is -4.42. The van der Waals surface area contributed by atoms with E-state index in [0.717, 1.165) is 23.3 Å². The standard InChI is InChI=1S/C29H30F3N3O4/c1-34-19(15-33)14-27-24-17-6-9-21(36)25(24)39-26(27)20(11-12-28(27,38)22(34)13-17)35(2)23(37)10-5-16-3-7-18(8-4-16)29(30,31)32/h3-4,6-9,19-20,22,26,36,38H,5,10-14H2,1-2H3/t19?,20?,22-,26?,27+,28-/m1/s1. The van der Waals surface area contributed by atoms with Gasteiger partial charge in [0.1, 0.15) is 6.10 Å². The molecule has 7 nitrogen and oxygen atoms in total. The molecule has 206 valence electrons. The van der Waals surface area contributed by atoms with Crippen LogP contribution in [0.2, 0.25) is 0 Å². The van der Waals surface area contributed by atoms with Crippen LogP contribution >= 0.6 is 0 Å². The first-order chi connectivity index (χ1) is 18.4. The summed E-state index contributed by atoms with van der Waals surface area (Å²) in [5.74, 6) is 0.108. The van der Waals surface area contributed by atoms with Gasteiger partial charge in [-0.1, -0.05) is 18.2 Å². The molecule has 0 aromatic heterocycles. The fourth-order valence-corrected chi connectivity index (χ4v) is 7.76. The second-order valence-corrected chi connectivity index (χ2v) is 11.4. The van der Waals surface area contributed by atoms with Gasteiger partial charge in [0.15, 0.2) is 11.5 Å². The molecule has 1 amide bonds. The van der Waals surface area contributed by atoms with Crippen molar-refractivity contribution in [1.29, 1.82) is 5.26 Å². The molecule has 2 aliphatic carbocycles. The second-order valence-electron chi connectivity index (χ2n) is 11.4. The van der Waals surface area contributed by atoms with Crippen molar-refractivity contribution >= 4 is 5.91 Å². The summed E-state index contributed by atoms with van der Waals surface area (Å²) in [4.78, 5) is 16.9. The van der Waals surface area contributed by atoms with Crippen LogP contribution in [0.1, 0.15) is 47.9 Å². The molecule has 0 radical (unpaired) electrons. The molecule has 2 fully saturated rings. The van der Waals surface area contributed by atoms with Gasteiger partial charge in [-0.2, -0.15) is 18.4 Å². The quantitative estimate of drug-likeness (QED) is 0.615. The van der Waals surface area contributed by atoms with E-state index in [4.69, 9.17) is 4.74 Å². The maximum atomic E-state index is 13.4. The molecule has 1 saturated heterocycles. The molecule has 2 bridgehead atoms. The van der Waals surface area contributed by atoms with Crippen molar-refractivity contribution < 1.29 is 32.9 Å². The number of likely N-dealkylation sites (N-methyl/N-ethyl adjacent to an activating group) is 2. The predicted molar refractivity (Wildman–Crippen MR) is 134 cm³/mol. The van der Waals surface area contributed by atoms with Gasteiger partial charge in [-0.05, 0) is 68.5 Å². The average molecular weight is 542 g/mol. The summed E-state index contributed by atoms with van der Waals surface area (Å²) in [6.45, 7) is 0. The molecule has 2 aliphatic heterocycles. The summed E-state index contributed by atoms with van der Waals surface area (Å²) >= 11 is 0. The third kappa shape index (κ3) is 3.52. The van der Waals surface area contributed by atoms with Crippen molar-refractivity contribution in [3.8, 4) is 17.6 Å². The van der Waals surface area contributed by atoms with E-state index >= 15 is 0 Å². The Morgan fingerprint density at radius 3 is 2.64 bits per heavy atom. The number of piperidine rings is 1. The van der Waals surface area contributed by atoms with Crippen LogP contribution in [0.4, 0.5) is 13.2 Å². The fourth-order valence-electron chi connectivity index (χ4n) is 7.76. The van der Waals surface area contributed by atoms with Crippen molar-refractivity contribution in [2.75, 3.05) is 14.1 Å². The fraction of sp³-hybridized carbons (Fsp3) is 0.517. The number of phenols is 1. The lowest BCUT2D eigenvalue weighted by atomic mass is 9.47. The van der Waals surface area contributed by atoms with Gasteiger partial charge in [-0.25, -0.2) is 0 Å². The summed E-state index contributed by atoms with van der Waals surface area (Å²) in [7, 11) is 3.55. The number of hydrogen-bond donors (Lipinski definition) is 2. The normalized spacial score (nSPS) is 32.6. The number of ether oxygens (including phenoxy) is 1.